The smallest absolute Gasteiger partial charge is 0.273 e. The van der Waals surface area contributed by atoms with Crippen LogP contribution in [0.1, 0.15) is 34.2 Å². The number of tetrazole rings is 1. The van der Waals surface area contributed by atoms with Crippen molar-refractivity contribution in [3.8, 4) is 11.4 Å². The molecule has 150 valence electrons. The Balaban J connectivity index is 1.55. The first kappa shape index (κ1) is 19.3. The highest BCUT2D eigenvalue weighted by Crippen LogP contribution is 2.20. The topological polar surface area (TPSA) is 90.0 Å². The van der Waals surface area contributed by atoms with Crippen LogP contribution in [0.15, 0.2) is 72.1 Å². The van der Waals surface area contributed by atoms with E-state index in [2.05, 4.69) is 30.6 Å². The van der Waals surface area contributed by atoms with Gasteiger partial charge in [-0.2, -0.15) is 5.10 Å². The molecule has 2 aromatic carbocycles. The monoisotopic (exact) mass is 399 g/mol. The van der Waals surface area contributed by atoms with Gasteiger partial charge in [0, 0.05) is 17.1 Å². The van der Waals surface area contributed by atoms with E-state index < -0.39 is 0 Å². The summed E-state index contributed by atoms with van der Waals surface area (Å²) in [5, 5.41) is 15.5. The Labute approximate surface area is 173 Å². The lowest BCUT2D eigenvalue weighted by Crippen LogP contribution is -2.20. The highest BCUT2D eigenvalue weighted by molar-refractivity contribution is 6.01. The molecule has 30 heavy (non-hydrogen) atoms. The maximum Gasteiger partial charge on any atom is 0.273 e. The van der Waals surface area contributed by atoms with Gasteiger partial charge in [0.05, 0.1) is 17.0 Å². The molecule has 0 radical (unpaired) electrons. The van der Waals surface area contributed by atoms with E-state index in [-0.39, 0.29) is 5.91 Å². The summed E-state index contributed by atoms with van der Waals surface area (Å²) in [6, 6.07) is 19.4. The van der Waals surface area contributed by atoms with Crippen molar-refractivity contribution in [2.75, 3.05) is 0 Å². The average Bonchev–Trinajstić information content (AvgIpc) is 3.41. The highest BCUT2D eigenvalue weighted by atomic mass is 16.2. The first-order valence-corrected chi connectivity index (χ1v) is 9.47. The Morgan fingerprint density at radius 1 is 1.00 bits per heavy atom. The normalized spacial score (nSPS) is 11.5. The summed E-state index contributed by atoms with van der Waals surface area (Å²) in [4.78, 5) is 12.8. The zero-order valence-electron chi connectivity index (χ0n) is 16.9. The van der Waals surface area contributed by atoms with E-state index >= 15 is 0 Å². The van der Waals surface area contributed by atoms with Crippen LogP contribution in [-0.2, 0) is 0 Å². The Kier molecular flexibility index (Phi) is 5.21. The average molecular weight is 399 g/mol. The molecule has 4 aromatic rings. The van der Waals surface area contributed by atoms with Gasteiger partial charge >= 0.3 is 0 Å². The van der Waals surface area contributed by atoms with Gasteiger partial charge in [-0.15, -0.1) is 5.10 Å². The molecule has 0 atom stereocenters. The minimum absolute atomic E-state index is 0.249. The van der Waals surface area contributed by atoms with Crippen LogP contribution in [0.5, 0.6) is 0 Å². The van der Waals surface area contributed by atoms with Gasteiger partial charge in [-0.1, -0.05) is 30.3 Å². The van der Waals surface area contributed by atoms with Crippen LogP contribution in [0, 0.1) is 13.8 Å². The van der Waals surface area contributed by atoms with Crippen molar-refractivity contribution in [3.05, 3.63) is 89.5 Å². The fourth-order valence-corrected chi connectivity index (χ4v) is 3.38. The minimum atomic E-state index is -0.249. The maximum atomic E-state index is 12.8. The second-order valence-electron chi connectivity index (χ2n) is 6.90. The minimum Gasteiger partial charge on any atom is -0.318 e. The van der Waals surface area contributed by atoms with E-state index in [1.807, 2.05) is 81.4 Å². The van der Waals surface area contributed by atoms with E-state index in [0.29, 0.717) is 11.3 Å². The van der Waals surface area contributed by atoms with Crippen molar-refractivity contribution in [2.45, 2.75) is 20.8 Å². The molecule has 0 fully saturated rings. The molecule has 0 bridgehead atoms. The number of amides is 1. The molecule has 0 aliphatic rings. The summed E-state index contributed by atoms with van der Waals surface area (Å²) >= 11 is 0. The third-order valence-electron chi connectivity index (χ3n) is 4.89. The largest absolute Gasteiger partial charge is 0.318 e. The molecule has 4 rings (SSSR count). The quantitative estimate of drug-likeness (QED) is 0.412. The second kappa shape index (κ2) is 8.12. The number of benzene rings is 2. The predicted molar refractivity (Wildman–Crippen MR) is 114 cm³/mol. The Hall–Kier alpha value is -4.07. The zero-order valence-corrected chi connectivity index (χ0v) is 16.9. The van der Waals surface area contributed by atoms with Crippen molar-refractivity contribution < 1.29 is 4.79 Å². The molecular formula is C22H21N7O. The van der Waals surface area contributed by atoms with Crippen molar-refractivity contribution in [1.29, 1.82) is 0 Å². The summed E-state index contributed by atoms with van der Waals surface area (Å²) in [7, 11) is 0. The van der Waals surface area contributed by atoms with Gasteiger partial charge in [-0.3, -0.25) is 4.79 Å². The molecule has 1 amide bonds. The van der Waals surface area contributed by atoms with Crippen LogP contribution in [0.2, 0.25) is 0 Å². The summed E-state index contributed by atoms with van der Waals surface area (Å²) in [5.74, 6) is -0.249. The highest BCUT2D eigenvalue weighted by Gasteiger charge is 2.16. The van der Waals surface area contributed by atoms with Crippen LogP contribution >= 0.6 is 0 Å². The number of hydrazone groups is 1. The third-order valence-corrected chi connectivity index (χ3v) is 4.89. The molecule has 2 aromatic heterocycles. The van der Waals surface area contributed by atoms with Gasteiger partial charge in [0.25, 0.3) is 5.91 Å². The predicted octanol–water partition coefficient (Wildman–Crippen LogP) is 3.22. The van der Waals surface area contributed by atoms with Crippen molar-refractivity contribution >= 4 is 11.6 Å². The standard InChI is InChI=1S/C22H21N7O/c1-15-12-21(17(3)29(15)19-9-5-4-6-10-19)22(30)25-24-16(2)18-8-7-11-20(13-18)28-14-23-26-27-28/h4-14H,1-3H3,(H,25,30)/b24-16+. The van der Waals surface area contributed by atoms with E-state index in [0.717, 1.165) is 28.3 Å². The Bertz CT molecular complexity index is 1210. The fraction of sp³-hybridized carbons (Fsp3) is 0.136. The molecule has 1 N–H and O–H groups in total. The van der Waals surface area contributed by atoms with Crippen LogP contribution in [0.4, 0.5) is 0 Å². The van der Waals surface area contributed by atoms with E-state index in [9.17, 15) is 4.79 Å². The first-order chi connectivity index (χ1) is 14.5. The molecule has 0 spiro atoms. The van der Waals surface area contributed by atoms with Crippen LogP contribution in [0.25, 0.3) is 11.4 Å². The number of carbonyl (C=O) groups is 1. The molecule has 2 heterocycles. The number of aryl methyl sites for hydroxylation is 1. The van der Waals surface area contributed by atoms with Crippen LogP contribution in [-0.4, -0.2) is 36.4 Å². The van der Waals surface area contributed by atoms with Gasteiger partial charge in [0.15, 0.2) is 0 Å². The lowest BCUT2D eigenvalue weighted by molar-refractivity contribution is 0.0954. The Morgan fingerprint density at radius 3 is 2.50 bits per heavy atom. The lowest BCUT2D eigenvalue weighted by Gasteiger charge is -2.09. The zero-order chi connectivity index (χ0) is 21.1. The maximum absolute atomic E-state index is 12.8. The number of nitrogens with zero attached hydrogens (tertiary/aromatic N) is 6. The molecule has 0 saturated heterocycles. The molecular weight excluding hydrogens is 378 g/mol. The summed E-state index contributed by atoms with van der Waals surface area (Å²) in [5.41, 5.74) is 8.48. The molecule has 8 heteroatoms. The van der Waals surface area contributed by atoms with Crippen LogP contribution in [0.3, 0.4) is 0 Å². The first-order valence-electron chi connectivity index (χ1n) is 9.47. The third kappa shape index (κ3) is 3.75. The van der Waals surface area contributed by atoms with Gasteiger partial charge in [-0.05, 0) is 67.1 Å². The van der Waals surface area contributed by atoms with Gasteiger partial charge in [-0.25, -0.2) is 10.1 Å². The van der Waals surface area contributed by atoms with Crippen LogP contribution < -0.4 is 5.43 Å². The van der Waals surface area contributed by atoms with Crippen molar-refractivity contribution in [1.82, 2.24) is 30.2 Å². The number of para-hydroxylation sites is 1. The summed E-state index contributed by atoms with van der Waals surface area (Å²) in [6.45, 7) is 5.75. The summed E-state index contributed by atoms with van der Waals surface area (Å²) in [6.07, 6.45) is 1.52. The SMILES string of the molecule is C/C(=N\NC(=O)c1cc(C)n(-c2ccccc2)c1C)c1cccc(-n2cnnn2)c1. The van der Waals surface area contributed by atoms with E-state index in [1.165, 1.54) is 6.33 Å². The lowest BCUT2D eigenvalue weighted by atomic mass is 10.1. The molecule has 0 saturated carbocycles. The number of carbonyl (C=O) groups excluding carboxylic acids is 1. The molecule has 8 nitrogen and oxygen atoms in total. The number of nitrogens with one attached hydrogen (secondary N) is 1. The molecule has 0 aliphatic heterocycles. The van der Waals surface area contributed by atoms with Gasteiger partial charge in [0.2, 0.25) is 0 Å². The summed E-state index contributed by atoms with van der Waals surface area (Å²) < 4.78 is 3.62. The fourth-order valence-electron chi connectivity index (χ4n) is 3.38. The number of hydrogen-bond acceptors (Lipinski definition) is 5. The van der Waals surface area contributed by atoms with E-state index in [4.69, 9.17) is 0 Å². The number of hydrogen-bond donors (Lipinski definition) is 1. The number of aromatic nitrogens is 5. The van der Waals surface area contributed by atoms with Gasteiger partial charge in [0.1, 0.15) is 6.33 Å². The van der Waals surface area contributed by atoms with E-state index in [1.54, 1.807) is 4.68 Å². The second-order valence-corrected chi connectivity index (χ2v) is 6.90. The van der Waals surface area contributed by atoms with Crippen molar-refractivity contribution in [3.63, 3.8) is 0 Å². The van der Waals surface area contributed by atoms with Crippen molar-refractivity contribution in [2.24, 2.45) is 5.10 Å². The number of rotatable bonds is 5. The van der Waals surface area contributed by atoms with Gasteiger partial charge < -0.3 is 4.57 Å². The Morgan fingerprint density at radius 2 is 1.77 bits per heavy atom. The molecule has 0 unspecified atom stereocenters. The molecule has 0 aliphatic carbocycles.